The zero-order valence-corrected chi connectivity index (χ0v) is 29.4. The van der Waals surface area contributed by atoms with Gasteiger partial charge in [-0.1, -0.05) is 160 Å². The molecule has 0 aliphatic heterocycles. The second-order valence-electron chi connectivity index (χ2n) is 13.5. The monoisotopic (exact) mass is 617 g/mol. The maximum absolute atomic E-state index is 12.6. The largest absolute Gasteiger partial charge is 0.461 e. The van der Waals surface area contributed by atoms with Crippen LogP contribution in [-0.4, -0.2) is 24.1 Å². The van der Waals surface area contributed by atoms with Crippen LogP contribution < -0.4 is 0 Å². The minimum absolute atomic E-state index is 0.0871. The Balaban J connectivity index is 2.04. The maximum atomic E-state index is 12.6. The van der Waals surface area contributed by atoms with Gasteiger partial charge in [-0.05, 0) is 57.4 Å². The van der Waals surface area contributed by atoms with Gasteiger partial charge in [0.2, 0.25) is 0 Å². The van der Waals surface area contributed by atoms with Crippen molar-refractivity contribution >= 4 is 11.9 Å². The van der Waals surface area contributed by atoms with E-state index in [1.807, 2.05) is 6.08 Å². The fourth-order valence-electron chi connectivity index (χ4n) is 6.31. The van der Waals surface area contributed by atoms with Crippen LogP contribution in [-0.2, 0) is 19.1 Å². The maximum Gasteiger partial charge on any atom is 0.307 e. The van der Waals surface area contributed by atoms with Crippen LogP contribution in [0.4, 0.5) is 0 Å². The highest BCUT2D eigenvalue weighted by Gasteiger charge is 2.35. The zero-order chi connectivity index (χ0) is 31.8. The molecule has 1 rings (SSSR count). The van der Waals surface area contributed by atoms with E-state index in [1.165, 1.54) is 141 Å². The summed E-state index contributed by atoms with van der Waals surface area (Å²) in [5.74, 6) is -0.607. The molecule has 4 heteroatoms. The highest BCUT2D eigenvalue weighted by atomic mass is 16.6. The lowest BCUT2D eigenvalue weighted by Crippen LogP contribution is -2.30. The zero-order valence-electron chi connectivity index (χ0n) is 29.4. The van der Waals surface area contributed by atoms with E-state index in [2.05, 4.69) is 32.1 Å². The predicted molar refractivity (Wildman–Crippen MR) is 188 cm³/mol. The minimum Gasteiger partial charge on any atom is -0.461 e. The molecule has 0 aromatic heterocycles. The number of carbonyl (C=O) groups excluding carboxylic acids is 2. The van der Waals surface area contributed by atoms with E-state index in [1.54, 1.807) is 0 Å². The lowest BCUT2D eigenvalue weighted by atomic mass is 10.00. The summed E-state index contributed by atoms with van der Waals surface area (Å²) in [7, 11) is 0. The molecule has 0 radical (unpaired) electrons. The predicted octanol–water partition coefficient (Wildman–Crippen LogP) is 12.7. The van der Waals surface area contributed by atoms with Crippen molar-refractivity contribution in [2.24, 2.45) is 0 Å². The van der Waals surface area contributed by atoms with Crippen molar-refractivity contribution in [2.45, 2.75) is 212 Å². The lowest BCUT2D eigenvalue weighted by molar-refractivity contribution is -0.157. The summed E-state index contributed by atoms with van der Waals surface area (Å²) in [6, 6.07) is 0. The standard InChI is InChI=1S/C40H72O4/c1-3-5-7-9-11-13-15-17-19-21-23-25-27-31-37-43-38(41)32-33-39(42)44-40(35-29-30-36-40)34-28-26-24-22-20-18-16-14-12-10-8-6-4-2/h27-28,31,34H,3-26,29-30,32-33,35-37H2,1-2H3/b31-27+,34-28+. The number of rotatable bonds is 31. The molecule has 44 heavy (non-hydrogen) atoms. The van der Waals surface area contributed by atoms with E-state index in [4.69, 9.17) is 9.47 Å². The van der Waals surface area contributed by atoms with Crippen LogP contribution in [0.25, 0.3) is 0 Å². The van der Waals surface area contributed by atoms with E-state index in [-0.39, 0.29) is 31.4 Å². The van der Waals surface area contributed by atoms with Crippen molar-refractivity contribution < 1.29 is 19.1 Å². The fourth-order valence-corrected chi connectivity index (χ4v) is 6.31. The molecule has 1 aliphatic rings. The van der Waals surface area contributed by atoms with Crippen LogP contribution in [0.2, 0.25) is 0 Å². The molecular formula is C40H72O4. The molecule has 0 bridgehead atoms. The van der Waals surface area contributed by atoms with Gasteiger partial charge in [0, 0.05) is 0 Å². The molecule has 0 atom stereocenters. The van der Waals surface area contributed by atoms with Gasteiger partial charge in [-0.15, -0.1) is 0 Å². The van der Waals surface area contributed by atoms with Crippen molar-refractivity contribution in [2.75, 3.05) is 6.61 Å². The van der Waals surface area contributed by atoms with E-state index >= 15 is 0 Å². The first-order valence-electron chi connectivity index (χ1n) is 19.3. The Morgan fingerprint density at radius 3 is 1.41 bits per heavy atom. The summed E-state index contributed by atoms with van der Waals surface area (Å²) >= 11 is 0. The van der Waals surface area contributed by atoms with Crippen LogP contribution in [0.5, 0.6) is 0 Å². The van der Waals surface area contributed by atoms with Gasteiger partial charge in [-0.3, -0.25) is 9.59 Å². The summed E-state index contributed by atoms with van der Waals surface area (Å²) in [4.78, 5) is 24.7. The molecule has 1 fully saturated rings. The molecule has 0 aromatic rings. The summed E-state index contributed by atoms with van der Waals surface area (Å²) < 4.78 is 11.2. The van der Waals surface area contributed by atoms with Gasteiger partial charge in [-0.25, -0.2) is 0 Å². The number of ether oxygens (including phenoxy) is 2. The van der Waals surface area contributed by atoms with Crippen LogP contribution in [0.15, 0.2) is 24.3 Å². The van der Waals surface area contributed by atoms with Gasteiger partial charge in [0.05, 0.1) is 12.8 Å². The summed E-state index contributed by atoms with van der Waals surface area (Å²) in [5, 5.41) is 0. The summed E-state index contributed by atoms with van der Waals surface area (Å²) in [6.07, 6.45) is 44.4. The molecule has 0 amide bonds. The Morgan fingerprint density at radius 2 is 0.932 bits per heavy atom. The summed E-state index contributed by atoms with van der Waals surface area (Å²) in [6.45, 7) is 4.83. The molecule has 256 valence electrons. The number of carbonyl (C=O) groups is 2. The Kier molecular flexibility index (Phi) is 27.7. The van der Waals surface area contributed by atoms with Gasteiger partial charge < -0.3 is 9.47 Å². The Morgan fingerprint density at radius 1 is 0.523 bits per heavy atom. The van der Waals surface area contributed by atoms with Gasteiger partial charge >= 0.3 is 11.9 Å². The Bertz CT molecular complexity index is 719. The Hall–Kier alpha value is -1.58. The number of hydrogen-bond donors (Lipinski definition) is 0. The highest BCUT2D eigenvalue weighted by molar-refractivity contribution is 5.78. The van der Waals surface area contributed by atoms with Crippen LogP contribution in [0, 0.1) is 0 Å². The second-order valence-corrected chi connectivity index (χ2v) is 13.5. The third-order valence-electron chi connectivity index (χ3n) is 9.18. The Labute approximate surface area is 273 Å². The molecule has 0 unspecified atom stereocenters. The first-order valence-corrected chi connectivity index (χ1v) is 19.3. The van der Waals surface area contributed by atoms with Crippen LogP contribution >= 0.6 is 0 Å². The average molecular weight is 617 g/mol. The quantitative estimate of drug-likeness (QED) is 0.0442. The van der Waals surface area contributed by atoms with Crippen molar-refractivity contribution in [3.05, 3.63) is 24.3 Å². The molecule has 4 nitrogen and oxygen atoms in total. The van der Waals surface area contributed by atoms with Crippen molar-refractivity contribution in [1.29, 1.82) is 0 Å². The first-order chi connectivity index (χ1) is 21.6. The third-order valence-corrected chi connectivity index (χ3v) is 9.18. The van der Waals surface area contributed by atoms with E-state index in [0.29, 0.717) is 0 Å². The number of unbranched alkanes of at least 4 members (excludes halogenated alkanes) is 22. The molecule has 0 N–H and O–H groups in total. The smallest absolute Gasteiger partial charge is 0.307 e. The van der Waals surface area contributed by atoms with Crippen molar-refractivity contribution in [3.8, 4) is 0 Å². The van der Waals surface area contributed by atoms with Crippen LogP contribution in [0.1, 0.15) is 206 Å². The normalized spacial score (nSPS) is 14.6. The van der Waals surface area contributed by atoms with E-state index in [0.717, 1.165) is 38.5 Å². The number of hydrogen-bond acceptors (Lipinski definition) is 4. The molecule has 1 aliphatic carbocycles. The van der Waals surface area contributed by atoms with Crippen molar-refractivity contribution in [3.63, 3.8) is 0 Å². The van der Waals surface area contributed by atoms with E-state index in [9.17, 15) is 9.59 Å². The average Bonchev–Trinajstić information content (AvgIpc) is 3.48. The SMILES string of the molecule is CCCCCCCCCCCCC/C=C/COC(=O)CCC(=O)OC1(/C=C/CCCCCCCCCCCCC)CCCC1. The molecule has 0 aromatic carbocycles. The van der Waals surface area contributed by atoms with Crippen molar-refractivity contribution in [1.82, 2.24) is 0 Å². The van der Waals surface area contributed by atoms with E-state index < -0.39 is 5.60 Å². The molecular weight excluding hydrogens is 544 g/mol. The first kappa shape index (κ1) is 40.4. The van der Waals surface area contributed by atoms with Gasteiger partial charge in [0.1, 0.15) is 12.2 Å². The topological polar surface area (TPSA) is 52.6 Å². The van der Waals surface area contributed by atoms with Gasteiger partial charge in [0.15, 0.2) is 0 Å². The van der Waals surface area contributed by atoms with Crippen LogP contribution in [0.3, 0.4) is 0 Å². The van der Waals surface area contributed by atoms with Gasteiger partial charge in [0.25, 0.3) is 0 Å². The molecule has 0 spiro atoms. The number of esters is 2. The molecule has 1 saturated carbocycles. The fraction of sp³-hybridized carbons (Fsp3) is 0.850. The number of allylic oxidation sites excluding steroid dienone is 2. The minimum atomic E-state index is -0.463. The molecule has 0 saturated heterocycles. The second kappa shape index (κ2) is 30.1. The lowest BCUT2D eigenvalue weighted by Gasteiger charge is -2.25. The highest BCUT2D eigenvalue weighted by Crippen LogP contribution is 2.35. The van der Waals surface area contributed by atoms with Gasteiger partial charge in [-0.2, -0.15) is 0 Å². The summed E-state index contributed by atoms with van der Waals surface area (Å²) in [5.41, 5.74) is -0.463. The molecule has 0 heterocycles. The third kappa shape index (κ3) is 24.7.